The molecule has 0 aliphatic heterocycles. The highest BCUT2D eigenvalue weighted by atomic mass is 14.9. The Labute approximate surface area is 82.9 Å². The lowest BCUT2D eigenvalue weighted by Gasteiger charge is -2.17. The zero-order valence-corrected chi connectivity index (χ0v) is 9.27. The van der Waals surface area contributed by atoms with Gasteiger partial charge in [-0.3, -0.25) is 0 Å². The van der Waals surface area contributed by atoms with Gasteiger partial charge in [0.1, 0.15) is 0 Å². The van der Waals surface area contributed by atoms with E-state index in [0.29, 0.717) is 5.92 Å². The van der Waals surface area contributed by atoms with E-state index < -0.39 is 0 Å². The predicted molar refractivity (Wildman–Crippen MR) is 60.4 cm³/mol. The monoisotopic (exact) mass is 181 g/mol. The van der Waals surface area contributed by atoms with Crippen molar-refractivity contribution in [2.45, 2.75) is 46.5 Å². The van der Waals surface area contributed by atoms with Crippen LogP contribution in [-0.4, -0.2) is 0 Å². The Morgan fingerprint density at radius 2 is 1.85 bits per heavy atom. The molecule has 0 aliphatic rings. The smallest absolute Gasteiger partial charge is 0.0105 e. The minimum atomic E-state index is 0.645. The van der Waals surface area contributed by atoms with Crippen LogP contribution < -0.4 is 5.32 Å². The number of hydrogen-bond donors (Lipinski definition) is 1. The van der Waals surface area contributed by atoms with Gasteiger partial charge in [-0.15, -0.1) is 0 Å². The molecule has 0 aromatic heterocycles. The summed E-state index contributed by atoms with van der Waals surface area (Å²) in [6.07, 6.45) is 8.93. The molecule has 0 saturated carbocycles. The first kappa shape index (κ1) is 12.3. The Bertz CT molecular complexity index is 153. The summed E-state index contributed by atoms with van der Waals surface area (Å²) in [6, 6.07) is 0. The van der Waals surface area contributed by atoms with Gasteiger partial charge < -0.3 is 5.32 Å². The Morgan fingerprint density at radius 1 is 1.31 bits per heavy atom. The van der Waals surface area contributed by atoms with Gasteiger partial charge >= 0.3 is 0 Å². The van der Waals surface area contributed by atoms with Crippen LogP contribution in [0.4, 0.5) is 0 Å². The molecule has 0 aliphatic carbocycles. The highest BCUT2D eigenvalue weighted by Gasteiger charge is 2.08. The maximum Gasteiger partial charge on any atom is 0.0105 e. The molecule has 1 nitrogen and oxygen atoms in total. The maximum absolute atomic E-state index is 4.07. The van der Waals surface area contributed by atoms with Crippen LogP contribution >= 0.6 is 0 Å². The van der Waals surface area contributed by atoms with E-state index >= 15 is 0 Å². The van der Waals surface area contributed by atoms with Gasteiger partial charge in [-0.25, -0.2) is 0 Å². The fourth-order valence-electron chi connectivity index (χ4n) is 1.50. The van der Waals surface area contributed by atoms with E-state index in [1.54, 1.807) is 0 Å². The lowest BCUT2D eigenvalue weighted by Crippen LogP contribution is -2.14. The summed E-state index contributed by atoms with van der Waals surface area (Å²) < 4.78 is 0. The first-order valence-electron chi connectivity index (χ1n) is 5.32. The van der Waals surface area contributed by atoms with Crippen molar-refractivity contribution in [3.05, 3.63) is 24.6 Å². The molecule has 0 radical (unpaired) electrons. The SMILES string of the molecule is C=C(N/C=C\C)C(CCC)CCC. The van der Waals surface area contributed by atoms with Crippen LogP contribution in [0.15, 0.2) is 24.6 Å². The number of rotatable bonds is 7. The Balaban J connectivity index is 3.94. The van der Waals surface area contributed by atoms with Crippen LogP contribution in [0.1, 0.15) is 46.5 Å². The molecule has 0 bridgehead atoms. The molecule has 0 atom stereocenters. The molecule has 0 amide bonds. The molecular weight excluding hydrogens is 158 g/mol. The molecule has 13 heavy (non-hydrogen) atoms. The largest absolute Gasteiger partial charge is 0.366 e. The quantitative estimate of drug-likeness (QED) is 0.629. The van der Waals surface area contributed by atoms with Gasteiger partial charge in [0.05, 0.1) is 0 Å². The molecule has 0 fully saturated rings. The summed E-state index contributed by atoms with van der Waals surface area (Å²) >= 11 is 0. The molecule has 0 aromatic carbocycles. The molecule has 0 saturated heterocycles. The molecule has 1 N–H and O–H groups in total. The lowest BCUT2D eigenvalue weighted by molar-refractivity contribution is 0.488. The molecule has 0 aromatic rings. The minimum absolute atomic E-state index is 0.645. The standard InChI is InChI=1S/C12H23N/c1-5-8-12(9-6-2)11(4)13-10-7-3/h7,10,12-13H,4-6,8-9H2,1-3H3/b10-7-. The Morgan fingerprint density at radius 3 is 2.23 bits per heavy atom. The number of nitrogens with one attached hydrogen (secondary N) is 1. The van der Waals surface area contributed by atoms with Crippen LogP contribution in [0.3, 0.4) is 0 Å². The molecule has 0 heterocycles. The van der Waals surface area contributed by atoms with Crippen molar-refractivity contribution in [1.82, 2.24) is 5.32 Å². The Kier molecular flexibility index (Phi) is 7.47. The van der Waals surface area contributed by atoms with Gasteiger partial charge in [0.15, 0.2) is 0 Å². The first-order chi connectivity index (χ1) is 6.26. The van der Waals surface area contributed by atoms with Crippen molar-refractivity contribution in [3.63, 3.8) is 0 Å². The zero-order chi connectivity index (χ0) is 10.1. The van der Waals surface area contributed by atoms with Crippen molar-refractivity contribution in [1.29, 1.82) is 0 Å². The average molecular weight is 181 g/mol. The van der Waals surface area contributed by atoms with E-state index in [-0.39, 0.29) is 0 Å². The second-order valence-electron chi connectivity index (χ2n) is 3.44. The van der Waals surface area contributed by atoms with Crippen LogP contribution in [0.25, 0.3) is 0 Å². The third-order valence-electron chi connectivity index (χ3n) is 2.20. The summed E-state index contributed by atoms with van der Waals surface area (Å²) in [5.41, 5.74) is 1.17. The van der Waals surface area contributed by atoms with Crippen molar-refractivity contribution in [2.24, 2.45) is 5.92 Å². The van der Waals surface area contributed by atoms with E-state index in [1.165, 1.54) is 31.4 Å². The molecule has 0 rings (SSSR count). The van der Waals surface area contributed by atoms with Gasteiger partial charge in [0.25, 0.3) is 0 Å². The molecule has 0 unspecified atom stereocenters. The van der Waals surface area contributed by atoms with Crippen LogP contribution in [0.5, 0.6) is 0 Å². The molecular formula is C12H23N. The lowest BCUT2D eigenvalue weighted by atomic mass is 9.95. The molecule has 0 spiro atoms. The molecule has 76 valence electrons. The van der Waals surface area contributed by atoms with E-state index in [1.807, 2.05) is 19.2 Å². The second-order valence-corrected chi connectivity index (χ2v) is 3.44. The predicted octanol–water partition coefficient (Wildman–Crippen LogP) is 3.84. The van der Waals surface area contributed by atoms with Crippen molar-refractivity contribution >= 4 is 0 Å². The van der Waals surface area contributed by atoms with Gasteiger partial charge in [0.2, 0.25) is 0 Å². The summed E-state index contributed by atoms with van der Waals surface area (Å²) in [4.78, 5) is 0. The second kappa shape index (κ2) is 7.90. The number of allylic oxidation sites excluding steroid dienone is 2. The van der Waals surface area contributed by atoms with Gasteiger partial charge in [0, 0.05) is 5.70 Å². The van der Waals surface area contributed by atoms with Gasteiger partial charge in [-0.1, -0.05) is 39.3 Å². The van der Waals surface area contributed by atoms with E-state index in [2.05, 4.69) is 25.7 Å². The fraction of sp³-hybridized carbons (Fsp3) is 0.667. The highest BCUT2D eigenvalue weighted by Crippen LogP contribution is 2.19. The highest BCUT2D eigenvalue weighted by molar-refractivity contribution is 5.01. The van der Waals surface area contributed by atoms with E-state index in [9.17, 15) is 0 Å². The van der Waals surface area contributed by atoms with Crippen LogP contribution in [0.2, 0.25) is 0 Å². The Hall–Kier alpha value is -0.720. The van der Waals surface area contributed by atoms with Gasteiger partial charge in [-0.2, -0.15) is 0 Å². The summed E-state index contributed by atoms with van der Waals surface area (Å²) in [6.45, 7) is 10.5. The minimum Gasteiger partial charge on any atom is -0.366 e. The topological polar surface area (TPSA) is 12.0 Å². The third-order valence-corrected chi connectivity index (χ3v) is 2.20. The van der Waals surface area contributed by atoms with Crippen molar-refractivity contribution < 1.29 is 0 Å². The number of hydrogen-bond acceptors (Lipinski definition) is 1. The van der Waals surface area contributed by atoms with Crippen molar-refractivity contribution in [3.8, 4) is 0 Å². The van der Waals surface area contributed by atoms with Gasteiger partial charge in [-0.05, 0) is 31.9 Å². The summed E-state index contributed by atoms with van der Waals surface area (Å²) in [7, 11) is 0. The fourth-order valence-corrected chi connectivity index (χ4v) is 1.50. The normalized spacial score (nSPS) is 11.1. The van der Waals surface area contributed by atoms with Crippen LogP contribution in [-0.2, 0) is 0 Å². The third kappa shape index (κ3) is 5.51. The van der Waals surface area contributed by atoms with Crippen LogP contribution in [0, 0.1) is 5.92 Å². The molecule has 1 heteroatoms. The van der Waals surface area contributed by atoms with E-state index in [0.717, 1.165) is 0 Å². The van der Waals surface area contributed by atoms with Crippen molar-refractivity contribution in [2.75, 3.05) is 0 Å². The summed E-state index contributed by atoms with van der Waals surface area (Å²) in [5.74, 6) is 0.645. The van der Waals surface area contributed by atoms with E-state index in [4.69, 9.17) is 0 Å². The average Bonchev–Trinajstić information content (AvgIpc) is 2.14. The first-order valence-corrected chi connectivity index (χ1v) is 5.32. The summed E-state index contributed by atoms with van der Waals surface area (Å²) in [5, 5.41) is 3.23. The zero-order valence-electron chi connectivity index (χ0n) is 9.27. The maximum atomic E-state index is 4.07.